The lowest BCUT2D eigenvalue weighted by molar-refractivity contribution is 0.0842. The molecule has 2 N–H and O–H groups in total. The summed E-state index contributed by atoms with van der Waals surface area (Å²) >= 11 is 0. The minimum atomic E-state index is -0.398. The molecular weight excluding hydrogens is 306 g/mol. The maximum absolute atomic E-state index is 12.3. The van der Waals surface area contributed by atoms with E-state index in [0.29, 0.717) is 17.0 Å². The van der Waals surface area contributed by atoms with Crippen LogP contribution in [0.1, 0.15) is 20.8 Å². The van der Waals surface area contributed by atoms with Gasteiger partial charge in [0.05, 0.1) is 7.11 Å². The molecule has 0 radical (unpaired) electrons. The lowest BCUT2D eigenvalue weighted by atomic mass is 10.2. The first-order chi connectivity index (χ1) is 11.6. The zero-order chi connectivity index (χ0) is 17.1. The molecule has 24 heavy (non-hydrogen) atoms. The van der Waals surface area contributed by atoms with Crippen LogP contribution in [-0.2, 0) is 7.05 Å². The minimum Gasteiger partial charge on any atom is -0.497 e. The molecule has 0 saturated heterocycles. The van der Waals surface area contributed by atoms with Gasteiger partial charge in [-0.15, -0.1) is 0 Å². The highest BCUT2D eigenvalue weighted by Crippen LogP contribution is 2.18. The van der Waals surface area contributed by atoms with Crippen molar-refractivity contribution in [2.24, 2.45) is 7.05 Å². The Bertz CT molecular complexity index is 898. The third-order valence-electron chi connectivity index (χ3n) is 3.83. The third kappa shape index (κ3) is 2.94. The van der Waals surface area contributed by atoms with Crippen molar-refractivity contribution in [2.45, 2.75) is 0 Å². The van der Waals surface area contributed by atoms with E-state index in [1.807, 2.05) is 31.3 Å². The number of benzene rings is 2. The molecule has 122 valence electrons. The first kappa shape index (κ1) is 15.6. The summed E-state index contributed by atoms with van der Waals surface area (Å²) in [6.07, 6.45) is 0. The zero-order valence-electron chi connectivity index (χ0n) is 13.4. The van der Waals surface area contributed by atoms with E-state index in [9.17, 15) is 9.59 Å². The first-order valence-corrected chi connectivity index (χ1v) is 7.39. The van der Waals surface area contributed by atoms with Crippen molar-refractivity contribution >= 4 is 22.7 Å². The van der Waals surface area contributed by atoms with Crippen LogP contribution in [0.3, 0.4) is 0 Å². The van der Waals surface area contributed by atoms with Crippen LogP contribution in [-0.4, -0.2) is 23.5 Å². The van der Waals surface area contributed by atoms with Gasteiger partial charge in [-0.25, -0.2) is 0 Å². The fourth-order valence-electron chi connectivity index (χ4n) is 2.50. The van der Waals surface area contributed by atoms with Gasteiger partial charge in [-0.1, -0.05) is 18.2 Å². The highest BCUT2D eigenvalue weighted by atomic mass is 16.5. The lowest BCUT2D eigenvalue weighted by Gasteiger charge is -2.08. The van der Waals surface area contributed by atoms with Crippen molar-refractivity contribution in [1.29, 1.82) is 0 Å². The van der Waals surface area contributed by atoms with E-state index >= 15 is 0 Å². The van der Waals surface area contributed by atoms with Gasteiger partial charge < -0.3 is 9.30 Å². The maximum Gasteiger partial charge on any atom is 0.286 e. The molecule has 2 amide bonds. The number of carbonyl (C=O) groups excluding carboxylic acids is 2. The van der Waals surface area contributed by atoms with Crippen LogP contribution in [0.15, 0.2) is 54.6 Å². The highest BCUT2D eigenvalue weighted by Gasteiger charge is 2.14. The number of nitrogens with one attached hydrogen (secondary N) is 2. The largest absolute Gasteiger partial charge is 0.497 e. The normalized spacial score (nSPS) is 10.4. The van der Waals surface area contributed by atoms with Gasteiger partial charge in [0.2, 0.25) is 0 Å². The number of aromatic nitrogens is 1. The van der Waals surface area contributed by atoms with E-state index in [0.717, 1.165) is 10.9 Å². The van der Waals surface area contributed by atoms with Crippen molar-refractivity contribution in [1.82, 2.24) is 15.4 Å². The van der Waals surface area contributed by atoms with E-state index in [-0.39, 0.29) is 5.91 Å². The van der Waals surface area contributed by atoms with Crippen LogP contribution in [0.5, 0.6) is 5.75 Å². The van der Waals surface area contributed by atoms with E-state index < -0.39 is 5.91 Å². The predicted octanol–water partition coefficient (Wildman–Crippen LogP) is 2.26. The van der Waals surface area contributed by atoms with Gasteiger partial charge in [0.25, 0.3) is 11.8 Å². The molecule has 0 spiro atoms. The molecule has 1 heterocycles. The molecule has 1 aromatic heterocycles. The van der Waals surface area contributed by atoms with Crippen molar-refractivity contribution in [3.8, 4) is 5.75 Å². The Morgan fingerprint density at radius 2 is 1.62 bits per heavy atom. The number of hydrogen-bond acceptors (Lipinski definition) is 3. The summed E-state index contributed by atoms with van der Waals surface area (Å²) < 4.78 is 6.82. The minimum absolute atomic E-state index is 0.379. The molecule has 3 aromatic rings. The monoisotopic (exact) mass is 323 g/mol. The van der Waals surface area contributed by atoms with Crippen molar-refractivity contribution in [3.63, 3.8) is 0 Å². The zero-order valence-corrected chi connectivity index (χ0v) is 13.4. The second kappa shape index (κ2) is 6.45. The number of para-hydroxylation sites is 1. The smallest absolute Gasteiger partial charge is 0.286 e. The standard InChI is InChI=1S/C18H17N3O3/c1-21-15-6-4-3-5-13(15)11-16(21)18(23)20-19-17(22)12-7-9-14(24-2)10-8-12/h3-11H,1-2H3,(H,19,22)(H,20,23). The van der Waals surface area contributed by atoms with Crippen LogP contribution < -0.4 is 15.6 Å². The van der Waals surface area contributed by atoms with Gasteiger partial charge >= 0.3 is 0 Å². The van der Waals surface area contributed by atoms with Crippen LogP contribution >= 0.6 is 0 Å². The number of methoxy groups -OCH3 is 1. The molecule has 6 heteroatoms. The number of rotatable bonds is 3. The Kier molecular flexibility index (Phi) is 4.20. The van der Waals surface area contributed by atoms with E-state index in [4.69, 9.17) is 4.74 Å². The fraction of sp³-hybridized carbons (Fsp3) is 0.111. The van der Waals surface area contributed by atoms with Crippen molar-refractivity contribution in [3.05, 3.63) is 65.9 Å². The summed E-state index contributed by atoms with van der Waals surface area (Å²) in [6.45, 7) is 0. The molecule has 0 aliphatic heterocycles. The molecule has 0 saturated carbocycles. The molecule has 3 rings (SSSR count). The number of hydrogen-bond donors (Lipinski definition) is 2. The third-order valence-corrected chi connectivity index (χ3v) is 3.83. The quantitative estimate of drug-likeness (QED) is 0.726. The number of hydrazine groups is 1. The number of nitrogens with zero attached hydrogens (tertiary/aromatic N) is 1. The average Bonchev–Trinajstić information content (AvgIpc) is 2.96. The van der Waals surface area contributed by atoms with Gasteiger partial charge in [0.15, 0.2) is 0 Å². The van der Waals surface area contributed by atoms with Crippen LogP contribution in [0.2, 0.25) is 0 Å². The number of amides is 2. The Labute approximate surface area is 139 Å². The molecule has 0 atom stereocenters. The Hall–Kier alpha value is -3.28. The van der Waals surface area contributed by atoms with E-state index in [1.165, 1.54) is 0 Å². The van der Waals surface area contributed by atoms with Gasteiger partial charge in [0, 0.05) is 23.5 Å². The van der Waals surface area contributed by atoms with Crippen LogP contribution in [0.25, 0.3) is 10.9 Å². The molecular formula is C18H17N3O3. The Balaban J connectivity index is 1.69. The van der Waals surface area contributed by atoms with Crippen LogP contribution in [0, 0.1) is 0 Å². The summed E-state index contributed by atoms with van der Waals surface area (Å²) in [5, 5.41) is 0.964. The maximum atomic E-state index is 12.3. The molecule has 6 nitrogen and oxygen atoms in total. The average molecular weight is 323 g/mol. The summed E-state index contributed by atoms with van der Waals surface area (Å²) in [6, 6.07) is 16.1. The summed E-state index contributed by atoms with van der Waals surface area (Å²) in [5.74, 6) is -0.119. The summed E-state index contributed by atoms with van der Waals surface area (Å²) in [7, 11) is 3.36. The Morgan fingerprint density at radius 1 is 0.958 bits per heavy atom. The topological polar surface area (TPSA) is 72.4 Å². The van der Waals surface area contributed by atoms with Gasteiger partial charge in [-0.3, -0.25) is 20.4 Å². The second-order valence-electron chi connectivity index (χ2n) is 5.28. The molecule has 0 unspecified atom stereocenters. The predicted molar refractivity (Wildman–Crippen MR) is 90.8 cm³/mol. The van der Waals surface area contributed by atoms with Crippen molar-refractivity contribution < 1.29 is 14.3 Å². The summed E-state index contributed by atoms with van der Waals surface area (Å²) in [4.78, 5) is 24.4. The van der Waals surface area contributed by atoms with Crippen molar-refractivity contribution in [2.75, 3.05) is 7.11 Å². The number of fused-ring (bicyclic) bond motifs is 1. The number of carbonyl (C=O) groups is 2. The van der Waals surface area contributed by atoms with E-state index in [1.54, 1.807) is 42.0 Å². The van der Waals surface area contributed by atoms with Gasteiger partial charge in [0.1, 0.15) is 11.4 Å². The second-order valence-corrected chi connectivity index (χ2v) is 5.28. The summed E-state index contributed by atoms with van der Waals surface area (Å²) in [5.41, 5.74) is 6.69. The molecule has 2 aromatic carbocycles. The number of aryl methyl sites for hydroxylation is 1. The highest BCUT2D eigenvalue weighted by molar-refractivity contribution is 6.01. The van der Waals surface area contributed by atoms with Crippen LogP contribution in [0.4, 0.5) is 0 Å². The number of ether oxygens (including phenoxy) is 1. The van der Waals surface area contributed by atoms with Gasteiger partial charge in [-0.05, 0) is 36.4 Å². The molecule has 0 fully saturated rings. The molecule has 0 aliphatic rings. The van der Waals surface area contributed by atoms with Gasteiger partial charge in [-0.2, -0.15) is 0 Å². The lowest BCUT2D eigenvalue weighted by Crippen LogP contribution is -2.42. The first-order valence-electron chi connectivity index (χ1n) is 7.39. The Morgan fingerprint density at radius 3 is 2.29 bits per heavy atom. The SMILES string of the molecule is COc1ccc(C(=O)NNC(=O)c2cc3ccccc3n2C)cc1. The fourth-order valence-corrected chi connectivity index (χ4v) is 2.50. The molecule has 0 aliphatic carbocycles. The van der Waals surface area contributed by atoms with E-state index in [2.05, 4.69) is 10.9 Å². The molecule has 0 bridgehead atoms.